The van der Waals surface area contributed by atoms with Crippen LogP contribution < -0.4 is 0 Å². The molecular weight excluding hydrogens is 378 g/mol. The smallest absolute Gasteiger partial charge is 0.321 e. The van der Waals surface area contributed by atoms with Gasteiger partial charge in [0.2, 0.25) is 5.78 Å². The summed E-state index contributed by atoms with van der Waals surface area (Å²) in [5, 5.41) is 0. The monoisotopic (exact) mass is 411 g/mol. The zero-order valence-corrected chi connectivity index (χ0v) is 18.8. The van der Waals surface area contributed by atoms with Crippen LogP contribution in [0.1, 0.15) is 47.0 Å². The number of carbonyl (C=O) groups is 3. The molecule has 0 aromatic rings. The molecule has 0 saturated heterocycles. The maximum absolute atomic E-state index is 13.6. The Morgan fingerprint density at radius 2 is 2.03 bits per heavy atom. The number of hydrogen-bond acceptors (Lipinski definition) is 5. The second-order valence-electron chi connectivity index (χ2n) is 9.32. The highest BCUT2D eigenvalue weighted by Gasteiger charge is 2.54. The Morgan fingerprint density at radius 3 is 2.63 bits per heavy atom. The van der Waals surface area contributed by atoms with Crippen LogP contribution in [0.25, 0.3) is 0 Å². The summed E-state index contributed by atoms with van der Waals surface area (Å²) in [7, 11) is 1.82. The number of esters is 1. The number of carbonyl (C=O) groups excluding carboxylic acids is 3. The molecule has 1 saturated carbocycles. The molecule has 0 unspecified atom stereocenters. The minimum atomic E-state index is -1.34. The Bertz CT molecular complexity index is 893. The predicted octanol–water partition coefficient (Wildman–Crippen LogP) is 3.81. The molecule has 5 nitrogen and oxygen atoms in total. The zero-order chi connectivity index (χ0) is 22.4. The van der Waals surface area contributed by atoms with Crippen molar-refractivity contribution >= 4 is 17.5 Å². The normalized spacial score (nSPS) is 31.3. The van der Waals surface area contributed by atoms with Crippen LogP contribution in [-0.2, 0) is 19.1 Å². The lowest BCUT2D eigenvalue weighted by Gasteiger charge is -2.39. The predicted molar refractivity (Wildman–Crippen MR) is 117 cm³/mol. The third kappa shape index (κ3) is 3.76. The van der Waals surface area contributed by atoms with Crippen molar-refractivity contribution in [2.75, 3.05) is 20.1 Å². The molecule has 0 spiro atoms. The van der Waals surface area contributed by atoms with Gasteiger partial charge in [0.05, 0.1) is 6.54 Å². The number of ketones is 2. The standard InChI is InChI=1S/C25H33NO4/c1-8-26(7)13-20(27)30-25(6)12-19-22(24(25)29)21-15(4)9-10-17(14(2)3)18(21)11-16(5)23(19)28/h11,17-18,21H,2,4,8-10,12-13H2,1,3,5-7H3/t17-,18-,21-,25+/m1/s1. The molecule has 1 fully saturated rings. The first-order valence-electron chi connectivity index (χ1n) is 10.7. The van der Waals surface area contributed by atoms with Gasteiger partial charge in [-0.1, -0.05) is 37.3 Å². The maximum Gasteiger partial charge on any atom is 0.321 e. The molecule has 0 radical (unpaired) electrons. The molecule has 3 aliphatic rings. The first kappa shape index (κ1) is 22.4. The topological polar surface area (TPSA) is 63.7 Å². The number of fused-ring (bicyclic) bond motifs is 2. The number of Topliss-reactive ketones (excluding diaryl/α,β-unsaturated/α-hetero) is 2. The molecule has 4 atom stereocenters. The fraction of sp³-hybridized carbons (Fsp3) is 0.560. The lowest BCUT2D eigenvalue weighted by molar-refractivity contribution is -0.164. The number of rotatable bonds is 5. The van der Waals surface area contributed by atoms with Gasteiger partial charge in [0, 0.05) is 23.5 Å². The van der Waals surface area contributed by atoms with Crippen molar-refractivity contribution in [3.05, 3.63) is 47.1 Å². The van der Waals surface area contributed by atoms with Gasteiger partial charge in [0.1, 0.15) is 0 Å². The highest BCUT2D eigenvalue weighted by atomic mass is 16.6. The largest absolute Gasteiger partial charge is 0.450 e. The van der Waals surface area contributed by atoms with E-state index in [1.165, 1.54) is 0 Å². The second-order valence-corrected chi connectivity index (χ2v) is 9.32. The number of nitrogens with zero attached hydrogens (tertiary/aromatic N) is 1. The molecular formula is C25H33NO4. The fourth-order valence-corrected chi connectivity index (χ4v) is 5.14. The third-order valence-electron chi connectivity index (χ3n) is 6.93. The first-order chi connectivity index (χ1) is 14.0. The van der Waals surface area contributed by atoms with E-state index in [2.05, 4.69) is 13.2 Å². The van der Waals surface area contributed by atoms with Crippen molar-refractivity contribution in [3.63, 3.8) is 0 Å². The van der Waals surface area contributed by atoms with E-state index in [1.54, 1.807) is 6.92 Å². The quantitative estimate of drug-likeness (QED) is 0.508. The van der Waals surface area contributed by atoms with Gasteiger partial charge in [0.15, 0.2) is 11.4 Å². The van der Waals surface area contributed by atoms with Gasteiger partial charge in [-0.2, -0.15) is 0 Å². The van der Waals surface area contributed by atoms with Crippen molar-refractivity contribution < 1.29 is 19.1 Å². The highest BCUT2D eigenvalue weighted by molar-refractivity contribution is 6.19. The van der Waals surface area contributed by atoms with Crippen molar-refractivity contribution in [3.8, 4) is 0 Å². The fourth-order valence-electron chi connectivity index (χ4n) is 5.14. The molecule has 0 heterocycles. The van der Waals surface area contributed by atoms with E-state index >= 15 is 0 Å². The van der Waals surface area contributed by atoms with Crippen LogP contribution >= 0.6 is 0 Å². The highest BCUT2D eigenvalue weighted by Crippen LogP contribution is 2.52. The van der Waals surface area contributed by atoms with Crippen molar-refractivity contribution in [1.82, 2.24) is 4.90 Å². The maximum atomic E-state index is 13.6. The molecule has 3 rings (SSSR count). The number of hydrogen-bond donors (Lipinski definition) is 0. The van der Waals surface area contributed by atoms with Crippen LogP contribution in [0.5, 0.6) is 0 Å². The lowest BCUT2D eigenvalue weighted by Crippen LogP contribution is -2.42. The second kappa shape index (κ2) is 8.10. The van der Waals surface area contributed by atoms with Crippen molar-refractivity contribution in [2.45, 2.75) is 52.6 Å². The molecule has 162 valence electrons. The molecule has 0 amide bonds. The molecule has 5 heteroatoms. The van der Waals surface area contributed by atoms with E-state index in [0.717, 1.165) is 24.0 Å². The van der Waals surface area contributed by atoms with Gasteiger partial charge >= 0.3 is 5.97 Å². The molecule has 0 bridgehead atoms. The lowest BCUT2D eigenvalue weighted by atomic mass is 9.64. The third-order valence-corrected chi connectivity index (χ3v) is 6.93. The molecule has 30 heavy (non-hydrogen) atoms. The van der Waals surface area contributed by atoms with E-state index in [-0.39, 0.29) is 42.3 Å². The average Bonchev–Trinajstić information content (AvgIpc) is 2.85. The molecule has 0 N–H and O–H groups in total. The van der Waals surface area contributed by atoms with Crippen molar-refractivity contribution in [2.24, 2.45) is 17.8 Å². The van der Waals surface area contributed by atoms with Gasteiger partial charge in [-0.05, 0) is 64.6 Å². The minimum Gasteiger partial charge on any atom is -0.450 e. The number of ether oxygens (including phenoxy) is 1. The summed E-state index contributed by atoms with van der Waals surface area (Å²) in [6, 6.07) is 0. The van der Waals surface area contributed by atoms with Gasteiger partial charge < -0.3 is 4.74 Å². The minimum absolute atomic E-state index is 0.0200. The van der Waals surface area contributed by atoms with Gasteiger partial charge in [0.25, 0.3) is 0 Å². The van der Waals surface area contributed by atoms with Crippen LogP contribution in [0.3, 0.4) is 0 Å². The average molecular weight is 412 g/mol. The summed E-state index contributed by atoms with van der Waals surface area (Å²) < 4.78 is 5.70. The first-order valence-corrected chi connectivity index (χ1v) is 10.7. The molecule has 0 aromatic carbocycles. The van der Waals surface area contributed by atoms with Gasteiger partial charge in [-0.25, -0.2) is 0 Å². The molecule has 0 aliphatic heterocycles. The summed E-state index contributed by atoms with van der Waals surface area (Å²) in [6.07, 6.45) is 3.85. The molecule has 3 aliphatic carbocycles. The summed E-state index contributed by atoms with van der Waals surface area (Å²) in [5.41, 5.74) is 2.32. The number of likely N-dealkylation sites (N-methyl/N-ethyl adjacent to an activating group) is 1. The Hall–Kier alpha value is -2.27. The summed E-state index contributed by atoms with van der Waals surface area (Å²) in [5.74, 6) is -0.884. The Labute approximate surface area is 179 Å². The number of allylic oxidation sites excluding steroid dienone is 4. The van der Waals surface area contributed by atoms with E-state index < -0.39 is 11.6 Å². The molecule has 0 aromatic heterocycles. The SMILES string of the molecule is C=C1CC[C@H](C(=C)C)[C@H]2C=C(C)C(=O)C3=C(C(=O)[C@@](C)(OC(=O)CN(C)CC)C3)[C@H]12. The Kier molecular flexibility index (Phi) is 6.06. The van der Waals surface area contributed by atoms with Crippen LogP contribution in [0.2, 0.25) is 0 Å². The van der Waals surface area contributed by atoms with Crippen LogP contribution in [0.15, 0.2) is 47.1 Å². The van der Waals surface area contributed by atoms with Crippen molar-refractivity contribution in [1.29, 1.82) is 0 Å². The van der Waals surface area contributed by atoms with Gasteiger partial charge in [-0.3, -0.25) is 19.3 Å². The van der Waals surface area contributed by atoms with Crippen LogP contribution in [0, 0.1) is 17.8 Å². The summed E-state index contributed by atoms with van der Waals surface area (Å²) >= 11 is 0. The Balaban J connectivity index is 2.00. The summed E-state index contributed by atoms with van der Waals surface area (Å²) in [6.45, 7) is 16.6. The van der Waals surface area contributed by atoms with E-state index in [0.29, 0.717) is 23.3 Å². The van der Waals surface area contributed by atoms with Crippen LogP contribution in [-0.4, -0.2) is 48.2 Å². The summed E-state index contributed by atoms with van der Waals surface area (Å²) in [4.78, 5) is 41.1. The van der Waals surface area contributed by atoms with E-state index in [4.69, 9.17) is 4.74 Å². The zero-order valence-electron chi connectivity index (χ0n) is 18.8. The van der Waals surface area contributed by atoms with Crippen LogP contribution in [0.4, 0.5) is 0 Å². The Morgan fingerprint density at radius 1 is 1.37 bits per heavy atom. The van der Waals surface area contributed by atoms with Gasteiger partial charge in [-0.15, -0.1) is 0 Å². The van der Waals surface area contributed by atoms with E-state index in [1.807, 2.05) is 38.8 Å². The van der Waals surface area contributed by atoms with E-state index in [9.17, 15) is 14.4 Å².